The molecule has 0 unspecified atom stereocenters. The van der Waals surface area contributed by atoms with Crippen LogP contribution in [-0.4, -0.2) is 19.0 Å². The lowest BCUT2D eigenvalue weighted by molar-refractivity contribution is 0.0983. The minimum Gasteiger partial charge on any atom is -0.493 e. The second-order valence-corrected chi connectivity index (χ2v) is 5.44. The van der Waals surface area contributed by atoms with Crippen molar-refractivity contribution < 1.29 is 14.3 Å². The van der Waals surface area contributed by atoms with E-state index in [1.807, 2.05) is 62.4 Å². The number of rotatable bonds is 7. The van der Waals surface area contributed by atoms with E-state index in [0.717, 1.165) is 16.9 Å². The van der Waals surface area contributed by atoms with E-state index in [0.29, 0.717) is 18.6 Å². The molecule has 22 heavy (non-hydrogen) atoms. The van der Waals surface area contributed by atoms with Gasteiger partial charge in [-0.2, -0.15) is 0 Å². The van der Waals surface area contributed by atoms with Crippen LogP contribution in [0.1, 0.15) is 36.2 Å². The van der Waals surface area contributed by atoms with Gasteiger partial charge in [-0.1, -0.05) is 36.4 Å². The van der Waals surface area contributed by atoms with Gasteiger partial charge in [0.25, 0.3) is 0 Å². The molecule has 0 aromatic heterocycles. The fourth-order valence-corrected chi connectivity index (χ4v) is 2.25. The summed E-state index contributed by atoms with van der Waals surface area (Å²) >= 11 is 0. The molecule has 2 rings (SSSR count). The van der Waals surface area contributed by atoms with Crippen molar-refractivity contribution >= 4 is 5.78 Å². The molecule has 0 saturated carbocycles. The molecule has 0 amide bonds. The number of hydrogen-bond donors (Lipinski definition) is 0. The van der Waals surface area contributed by atoms with Crippen molar-refractivity contribution in [3.05, 3.63) is 59.7 Å². The summed E-state index contributed by atoms with van der Waals surface area (Å²) in [6.07, 6.45) is 1.27. The summed E-state index contributed by atoms with van der Waals surface area (Å²) in [5, 5.41) is 0. The first-order valence-electron chi connectivity index (χ1n) is 7.52. The number of carbonyl (C=O) groups is 1. The molecule has 2 aromatic rings. The summed E-state index contributed by atoms with van der Waals surface area (Å²) in [7, 11) is 1.63. The lowest BCUT2D eigenvalue weighted by Gasteiger charge is -2.14. The predicted octanol–water partition coefficient (Wildman–Crippen LogP) is 4.30. The molecule has 3 heteroatoms. The van der Waals surface area contributed by atoms with E-state index in [4.69, 9.17) is 9.47 Å². The number of Topliss-reactive ketones (excluding diaryl/α,β-unsaturated/α-hetero) is 1. The van der Waals surface area contributed by atoms with Gasteiger partial charge in [0, 0.05) is 12.0 Å². The van der Waals surface area contributed by atoms with Crippen LogP contribution in [0.5, 0.6) is 11.5 Å². The van der Waals surface area contributed by atoms with Crippen molar-refractivity contribution in [2.45, 2.75) is 32.8 Å². The number of ether oxygens (including phenoxy) is 2. The van der Waals surface area contributed by atoms with Crippen LogP contribution in [0.25, 0.3) is 0 Å². The quantitative estimate of drug-likeness (QED) is 0.715. The SMILES string of the molecule is COc1cc(CCC(=O)c2ccccc2)ccc1OC(C)C. The fraction of sp³-hybridized carbons (Fsp3) is 0.316. The predicted molar refractivity (Wildman–Crippen MR) is 87.9 cm³/mol. The van der Waals surface area contributed by atoms with Crippen LogP contribution < -0.4 is 9.47 Å². The Kier molecular flexibility index (Phi) is 5.59. The lowest BCUT2D eigenvalue weighted by Crippen LogP contribution is -2.07. The van der Waals surface area contributed by atoms with Crippen molar-refractivity contribution in [3.8, 4) is 11.5 Å². The van der Waals surface area contributed by atoms with Gasteiger partial charge >= 0.3 is 0 Å². The van der Waals surface area contributed by atoms with Gasteiger partial charge in [0.1, 0.15) is 0 Å². The lowest BCUT2D eigenvalue weighted by atomic mass is 10.0. The van der Waals surface area contributed by atoms with Crippen molar-refractivity contribution in [2.24, 2.45) is 0 Å². The first-order valence-corrected chi connectivity index (χ1v) is 7.52. The molecular weight excluding hydrogens is 276 g/mol. The van der Waals surface area contributed by atoms with E-state index >= 15 is 0 Å². The Labute approximate surface area is 131 Å². The average molecular weight is 298 g/mol. The number of benzene rings is 2. The van der Waals surface area contributed by atoms with Gasteiger partial charge in [0.15, 0.2) is 17.3 Å². The van der Waals surface area contributed by atoms with Gasteiger partial charge in [0.2, 0.25) is 0 Å². The summed E-state index contributed by atoms with van der Waals surface area (Å²) in [6.45, 7) is 3.96. The molecule has 0 radical (unpaired) electrons. The largest absolute Gasteiger partial charge is 0.493 e. The zero-order chi connectivity index (χ0) is 15.9. The molecule has 0 fully saturated rings. The molecule has 0 spiro atoms. The monoisotopic (exact) mass is 298 g/mol. The molecule has 0 N–H and O–H groups in total. The van der Waals surface area contributed by atoms with Crippen LogP contribution in [0.4, 0.5) is 0 Å². The van der Waals surface area contributed by atoms with Gasteiger partial charge in [0.05, 0.1) is 13.2 Å². The van der Waals surface area contributed by atoms with Gasteiger partial charge < -0.3 is 9.47 Å². The molecule has 116 valence electrons. The van der Waals surface area contributed by atoms with Crippen LogP contribution in [0.15, 0.2) is 48.5 Å². The highest BCUT2D eigenvalue weighted by atomic mass is 16.5. The third-order valence-corrected chi connectivity index (χ3v) is 3.33. The minimum atomic E-state index is 0.0967. The van der Waals surface area contributed by atoms with Crippen molar-refractivity contribution in [1.29, 1.82) is 0 Å². The summed E-state index contributed by atoms with van der Waals surface area (Å²) in [6, 6.07) is 15.2. The molecular formula is C19H22O3. The Hall–Kier alpha value is -2.29. The van der Waals surface area contributed by atoms with Crippen molar-refractivity contribution in [1.82, 2.24) is 0 Å². The highest BCUT2D eigenvalue weighted by Crippen LogP contribution is 2.29. The van der Waals surface area contributed by atoms with E-state index in [-0.39, 0.29) is 11.9 Å². The normalized spacial score (nSPS) is 10.5. The van der Waals surface area contributed by atoms with Crippen LogP contribution in [0.2, 0.25) is 0 Å². The highest BCUT2D eigenvalue weighted by molar-refractivity contribution is 5.96. The fourth-order valence-electron chi connectivity index (χ4n) is 2.25. The molecule has 0 saturated heterocycles. The minimum absolute atomic E-state index is 0.0967. The maximum Gasteiger partial charge on any atom is 0.163 e. The Balaban J connectivity index is 2.03. The number of aryl methyl sites for hydroxylation is 1. The van der Waals surface area contributed by atoms with Crippen LogP contribution in [0, 0.1) is 0 Å². The Morgan fingerprint density at radius 3 is 2.41 bits per heavy atom. The molecule has 2 aromatic carbocycles. The van der Waals surface area contributed by atoms with Crippen LogP contribution in [-0.2, 0) is 6.42 Å². The van der Waals surface area contributed by atoms with Gasteiger partial charge in [-0.15, -0.1) is 0 Å². The molecule has 3 nitrogen and oxygen atoms in total. The summed E-state index contributed by atoms with van der Waals surface area (Å²) in [5.74, 6) is 1.59. The number of carbonyl (C=O) groups excluding carboxylic acids is 1. The zero-order valence-electron chi connectivity index (χ0n) is 13.3. The average Bonchev–Trinajstić information content (AvgIpc) is 2.54. The van der Waals surface area contributed by atoms with Crippen molar-refractivity contribution in [2.75, 3.05) is 7.11 Å². The second kappa shape index (κ2) is 7.64. The zero-order valence-corrected chi connectivity index (χ0v) is 13.3. The number of hydrogen-bond acceptors (Lipinski definition) is 3. The van der Waals surface area contributed by atoms with E-state index in [2.05, 4.69) is 0 Å². The third kappa shape index (κ3) is 4.35. The van der Waals surface area contributed by atoms with Crippen LogP contribution in [0.3, 0.4) is 0 Å². The third-order valence-electron chi connectivity index (χ3n) is 3.33. The first kappa shape index (κ1) is 16.1. The Morgan fingerprint density at radius 1 is 1.05 bits per heavy atom. The van der Waals surface area contributed by atoms with Crippen LogP contribution >= 0.6 is 0 Å². The van der Waals surface area contributed by atoms with Crippen molar-refractivity contribution in [3.63, 3.8) is 0 Å². The van der Waals surface area contributed by atoms with E-state index in [1.54, 1.807) is 7.11 Å². The molecule has 0 aliphatic carbocycles. The molecule has 0 bridgehead atoms. The van der Waals surface area contributed by atoms with E-state index in [9.17, 15) is 4.79 Å². The summed E-state index contributed by atoms with van der Waals surface area (Å²) in [5.41, 5.74) is 1.83. The van der Waals surface area contributed by atoms with Gasteiger partial charge in [-0.25, -0.2) is 0 Å². The maximum atomic E-state index is 12.1. The standard InChI is InChI=1S/C19H22O3/c1-14(2)22-18-12-10-15(13-19(18)21-3)9-11-17(20)16-7-5-4-6-8-16/h4-8,10,12-14H,9,11H2,1-3H3. The molecule has 0 atom stereocenters. The highest BCUT2D eigenvalue weighted by Gasteiger charge is 2.10. The molecule has 0 aliphatic rings. The Morgan fingerprint density at radius 2 is 1.77 bits per heavy atom. The smallest absolute Gasteiger partial charge is 0.163 e. The second-order valence-electron chi connectivity index (χ2n) is 5.44. The topological polar surface area (TPSA) is 35.5 Å². The van der Waals surface area contributed by atoms with Gasteiger partial charge in [-0.3, -0.25) is 4.79 Å². The van der Waals surface area contributed by atoms with E-state index < -0.39 is 0 Å². The first-order chi connectivity index (χ1) is 10.6. The number of methoxy groups -OCH3 is 1. The Bertz CT molecular complexity index is 618. The maximum absolute atomic E-state index is 12.1. The van der Waals surface area contributed by atoms with E-state index in [1.165, 1.54) is 0 Å². The molecule has 0 heterocycles. The number of ketones is 1. The van der Waals surface area contributed by atoms with Gasteiger partial charge in [-0.05, 0) is 38.0 Å². The summed E-state index contributed by atoms with van der Waals surface area (Å²) in [4.78, 5) is 12.1. The molecule has 0 aliphatic heterocycles. The summed E-state index contributed by atoms with van der Waals surface area (Å²) < 4.78 is 11.1.